The molecule has 0 radical (unpaired) electrons. The van der Waals surface area contributed by atoms with Crippen molar-refractivity contribution in [2.45, 2.75) is 58.8 Å². The molecule has 27 heavy (non-hydrogen) atoms. The number of nitrogens with one attached hydrogen (secondary N) is 2. The number of carbonyl (C=O) groups is 2. The van der Waals surface area contributed by atoms with Gasteiger partial charge < -0.3 is 15.4 Å². The van der Waals surface area contributed by atoms with Gasteiger partial charge in [-0.15, -0.1) is 0 Å². The van der Waals surface area contributed by atoms with Gasteiger partial charge in [0.1, 0.15) is 0 Å². The molecule has 2 rings (SSSR count). The lowest BCUT2D eigenvalue weighted by Crippen LogP contribution is -2.36. The van der Waals surface area contributed by atoms with Crippen molar-refractivity contribution in [1.82, 2.24) is 5.32 Å². The number of benzene rings is 1. The summed E-state index contributed by atoms with van der Waals surface area (Å²) in [5.74, 6) is 0.581. The highest BCUT2D eigenvalue weighted by molar-refractivity contribution is 5.94. The molecule has 2 amide bonds. The third-order valence-corrected chi connectivity index (χ3v) is 5.47. The molecule has 2 N–H and O–H groups in total. The van der Waals surface area contributed by atoms with Gasteiger partial charge in [0.15, 0.2) is 0 Å². The summed E-state index contributed by atoms with van der Waals surface area (Å²) in [6.45, 7) is 7.62. The molecular formula is C22H34N2O3. The topological polar surface area (TPSA) is 67.4 Å². The van der Waals surface area contributed by atoms with E-state index in [9.17, 15) is 9.59 Å². The van der Waals surface area contributed by atoms with Gasteiger partial charge in [0, 0.05) is 37.8 Å². The Hall–Kier alpha value is -1.88. The number of aryl methyl sites for hydroxylation is 1. The molecule has 0 spiro atoms. The number of carbonyl (C=O) groups excluding carboxylic acids is 2. The SMILES string of the molecule is COCCCNC(=O)C1CCC(C(=O)Nc2c(C)cccc2C(C)C)CC1. The molecule has 1 aromatic rings. The number of ether oxygens (including phenoxy) is 1. The number of amides is 2. The third kappa shape index (κ3) is 6.06. The molecule has 0 saturated heterocycles. The molecule has 0 unspecified atom stereocenters. The van der Waals surface area contributed by atoms with Gasteiger partial charge >= 0.3 is 0 Å². The molecule has 0 aromatic heterocycles. The van der Waals surface area contributed by atoms with Crippen molar-refractivity contribution in [2.24, 2.45) is 11.8 Å². The predicted octanol–water partition coefficient (Wildman–Crippen LogP) is 4.02. The smallest absolute Gasteiger partial charge is 0.227 e. The lowest BCUT2D eigenvalue weighted by molar-refractivity contribution is -0.128. The number of rotatable bonds is 8. The molecule has 1 fully saturated rings. The molecule has 0 atom stereocenters. The second-order valence-electron chi connectivity index (χ2n) is 7.87. The van der Waals surface area contributed by atoms with E-state index >= 15 is 0 Å². The van der Waals surface area contributed by atoms with Crippen LogP contribution in [-0.4, -0.2) is 32.1 Å². The Labute approximate surface area is 163 Å². The van der Waals surface area contributed by atoms with Crippen LogP contribution < -0.4 is 10.6 Å². The molecule has 1 aromatic carbocycles. The van der Waals surface area contributed by atoms with Crippen LogP contribution in [0.3, 0.4) is 0 Å². The Kier molecular flexibility index (Phi) is 8.29. The maximum Gasteiger partial charge on any atom is 0.227 e. The summed E-state index contributed by atoms with van der Waals surface area (Å²) in [5, 5.41) is 6.15. The fraction of sp³-hybridized carbons (Fsp3) is 0.636. The fourth-order valence-electron chi connectivity index (χ4n) is 3.76. The van der Waals surface area contributed by atoms with Gasteiger partial charge in [-0.2, -0.15) is 0 Å². The van der Waals surface area contributed by atoms with E-state index in [1.165, 1.54) is 5.56 Å². The highest BCUT2D eigenvalue weighted by Gasteiger charge is 2.30. The van der Waals surface area contributed by atoms with Crippen molar-refractivity contribution in [3.63, 3.8) is 0 Å². The van der Waals surface area contributed by atoms with E-state index in [1.54, 1.807) is 7.11 Å². The lowest BCUT2D eigenvalue weighted by Gasteiger charge is -2.28. The van der Waals surface area contributed by atoms with Gasteiger partial charge in [-0.3, -0.25) is 9.59 Å². The minimum absolute atomic E-state index is 0.0119. The molecule has 5 nitrogen and oxygen atoms in total. The average molecular weight is 375 g/mol. The largest absolute Gasteiger partial charge is 0.385 e. The fourth-order valence-corrected chi connectivity index (χ4v) is 3.76. The summed E-state index contributed by atoms with van der Waals surface area (Å²) in [4.78, 5) is 25.0. The maximum absolute atomic E-state index is 12.8. The van der Waals surface area contributed by atoms with E-state index in [4.69, 9.17) is 4.74 Å². The van der Waals surface area contributed by atoms with Gasteiger partial charge in [-0.25, -0.2) is 0 Å². The van der Waals surface area contributed by atoms with Crippen molar-refractivity contribution in [2.75, 3.05) is 25.6 Å². The van der Waals surface area contributed by atoms with Gasteiger partial charge in [0.2, 0.25) is 11.8 Å². The maximum atomic E-state index is 12.8. The normalized spacial score (nSPS) is 19.7. The van der Waals surface area contributed by atoms with Gasteiger partial charge in [-0.05, 0) is 56.1 Å². The van der Waals surface area contributed by atoms with Crippen LogP contribution in [0.25, 0.3) is 0 Å². The van der Waals surface area contributed by atoms with Crippen molar-refractivity contribution in [3.05, 3.63) is 29.3 Å². The standard InChI is InChI=1S/C22H34N2O3/c1-15(2)19-8-5-7-16(3)20(19)24-22(26)18-11-9-17(10-12-18)21(25)23-13-6-14-27-4/h5,7-8,15,17-18H,6,9-14H2,1-4H3,(H,23,25)(H,24,26). The number of hydrogen-bond donors (Lipinski definition) is 2. The molecule has 0 aliphatic heterocycles. The molecule has 0 heterocycles. The Morgan fingerprint density at radius 3 is 2.33 bits per heavy atom. The Morgan fingerprint density at radius 2 is 1.74 bits per heavy atom. The highest BCUT2D eigenvalue weighted by atomic mass is 16.5. The van der Waals surface area contributed by atoms with Crippen molar-refractivity contribution < 1.29 is 14.3 Å². The summed E-state index contributed by atoms with van der Waals surface area (Å²) in [7, 11) is 1.66. The van der Waals surface area contributed by atoms with Crippen molar-refractivity contribution in [1.29, 1.82) is 0 Å². The van der Waals surface area contributed by atoms with Crippen LogP contribution in [0, 0.1) is 18.8 Å². The summed E-state index contributed by atoms with van der Waals surface area (Å²) in [5.41, 5.74) is 3.22. The quantitative estimate of drug-likeness (QED) is 0.676. The summed E-state index contributed by atoms with van der Waals surface area (Å²) in [6.07, 6.45) is 3.92. The van der Waals surface area contributed by atoms with Gasteiger partial charge in [0.05, 0.1) is 0 Å². The molecule has 5 heteroatoms. The molecule has 1 aliphatic carbocycles. The molecule has 0 bridgehead atoms. The Balaban J connectivity index is 1.86. The Bertz CT molecular complexity index is 634. The first kappa shape index (κ1) is 21.4. The van der Waals surface area contributed by atoms with Crippen LogP contribution in [0.2, 0.25) is 0 Å². The highest BCUT2D eigenvalue weighted by Crippen LogP contribution is 2.32. The first-order valence-electron chi connectivity index (χ1n) is 10.1. The second-order valence-corrected chi connectivity index (χ2v) is 7.87. The monoisotopic (exact) mass is 374 g/mol. The summed E-state index contributed by atoms with van der Waals surface area (Å²) in [6, 6.07) is 6.15. The van der Waals surface area contributed by atoms with E-state index in [-0.39, 0.29) is 23.7 Å². The zero-order valence-electron chi connectivity index (χ0n) is 17.1. The van der Waals surface area contributed by atoms with Crippen LogP contribution in [-0.2, 0) is 14.3 Å². The molecule has 1 saturated carbocycles. The van der Waals surface area contributed by atoms with E-state index in [1.807, 2.05) is 19.1 Å². The van der Waals surface area contributed by atoms with Crippen LogP contribution in [0.1, 0.15) is 63.0 Å². The predicted molar refractivity (Wildman–Crippen MR) is 109 cm³/mol. The number of methoxy groups -OCH3 is 1. The summed E-state index contributed by atoms with van der Waals surface area (Å²) < 4.78 is 4.99. The van der Waals surface area contributed by atoms with Gasteiger partial charge in [0.25, 0.3) is 0 Å². The summed E-state index contributed by atoms with van der Waals surface area (Å²) >= 11 is 0. The minimum atomic E-state index is -0.0119. The first-order chi connectivity index (χ1) is 12.9. The minimum Gasteiger partial charge on any atom is -0.385 e. The Morgan fingerprint density at radius 1 is 1.11 bits per heavy atom. The van der Waals surface area contributed by atoms with E-state index < -0.39 is 0 Å². The van der Waals surface area contributed by atoms with Crippen molar-refractivity contribution >= 4 is 17.5 Å². The zero-order valence-corrected chi connectivity index (χ0v) is 17.1. The van der Waals surface area contributed by atoms with Crippen LogP contribution in [0.15, 0.2) is 18.2 Å². The lowest BCUT2D eigenvalue weighted by atomic mass is 9.81. The van der Waals surface area contributed by atoms with E-state index in [2.05, 4.69) is 30.5 Å². The number of para-hydroxylation sites is 1. The van der Waals surface area contributed by atoms with Crippen LogP contribution in [0.4, 0.5) is 5.69 Å². The average Bonchev–Trinajstić information content (AvgIpc) is 2.66. The van der Waals surface area contributed by atoms with Crippen molar-refractivity contribution in [3.8, 4) is 0 Å². The van der Waals surface area contributed by atoms with Crippen LogP contribution in [0.5, 0.6) is 0 Å². The van der Waals surface area contributed by atoms with E-state index in [0.29, 0.717) is 19.1 Å². The second kappa shape index (κ2) is 10.5. The molecule has 1 aliphatic rings. The van der Waals surface area contributed by atoms with Gasteiger partial charge in [-0.1, -0.05) is 32.0 Å². The number of anilines is 1. The van der Waals surface area contributed by atoms with E-state index in [0.717, 1.165) is 43.4 Å². The zero-order chi connectivity index (χ0) is 19.8. The number of hydrogen-bond acceptors (Lipinski definition) is 3. The van der Waals surface area contributed by atoms with Crippen LogP contribution >= 0.6 is 0 Å². The molecule has 150 valence electrons. The third-order valence-electron chi connectivity index (χ3n) is 5.47. The first-order valence-corrected chi connectivity index (χ1v) is 10.1. The molecular weight excluding hydrogens is 340 g/mol.